The van der Waals surface area contributed by atoms with Gasteiger partial charge in [0.05, 0.1) is 10.6 Å². The van der Waals surface area contributed by atoms with Crippen LogP contribution in [0.25, 0.3) is 16.9 Å². The maximum atomic E-state index is 10.8. The number of nitrogens with zero attached hydrogens (tertiary/aromatic N) is 5. The van der Waals surface area contributed by atoms with Crippen molar-refractivity contribution in [2.45, 2.75) is 6.42 Å². The second-order valence-electron chi connectivity index (χ2n) is 4.45. The average molecular weight is 284 g/mol. The first-order valence-electron chi connectivity index (χ1n) is 6.35. The molecule has 0 unspecified atom stereocenters. The Balaban J connectivity index is 2.09. The number of hydrogen-bond donors (Lipinski definition) is 1. The van der Waals surface area contributed by atoms with Crippen molar-refractivity contribution in [3.8, 4) is 11.3 Å². The number of aromatic nitrogens is 4. The molecule has 1 aromatic carbocycles. The molecule has 8 nitrogen and oxygen atoms in total. The number of nitro benzene ring substituents is 1. The fourth-order valence-corrected chi connectivity index (χ4v) is 2.05. The molecule has 2 N–H and O–H groups in total. The molecule has 2 aromatic heterocycles. The average Bonchev–Trinajstić information content (AvgIpc) is 2.90. The van der Waals surface area contributed by atoms with E-state index in [1.54, 1.807) is 28.8 Å². The van der Waals surface area contributed by atoms with Crippen molar-refractivity contribution < 1.29 is 4.92 Å². The lowest BCUT2D eigenvalue weighted by molar-refractivity contribution is -0.384. The number of nitro groups is 1. The van der Waals surface area contributed by atoms with Crippen LogP contribution in [0.1, 0.15) is 5.82 Å². The van der Waals surface area contributed by atoms with E-state index in [0.717, 1.165) is 0 Å². The molecule has 3 aromatic rings. The summed E-state index contributed by atoms with van der Waals surface area (Å²) in [5.41, 5.74) is 7.46. The zero-order valence-electron chi connectivity index (χ0n) is 11.0. The highest BCUT2D eigenvalue weighted by atomic mass is 16.6. The van der Waals surface area contributed by atoms with Gasteiger partial charge in [0.15, 0.2) is 11.5 Å². The van der Waals surface area contributed by atoms with Gasteiger partial charge in [0.25, 0.3) is 5.69 Å². The smallest absolute Gasteiger partial charge is 0.270 e. The molecule has 0 saturated carbocycles. The number of rotatable bonds is 4. The minimum Gasteiger partial charge on any atom is -0.330 e. The summed E-state index contributed by atoms with van der Waals surface area (Å²) in [5.74, 6) is 0.666. The van der Waals surface area contributed by atoms with E-state index in [9.17, 15) is 10.1 Å². The third kappa shape index (κ3) is 2.43. The molecule has 3 rings (SSSR count). The lowest BCUT2D eigenvalue weighted by Gasteiger charge is -2.03. The van der Waals surface area contributed by atoms with Gasteiger partial charge in [-0.15, -0.1) is 10.2 Å². The molecule has 0 aliphatic carbocycles. The summed E-state index contributed by atoms with van der Waals surface area (Å²) in [6.07, 6.45) is 0.562. The van der Waals surface area contributed by atoms with Gasteiger partial charge in [0.1, 0.15) is 0 Å². The lowest BCUT2D eigenvalue weighted by atomic mass is 10.1. The summed E-state index contributed by atoms with van der Waals surface area (Å²) in [6, 6.07) is 9.87. The van der Waals surface area contributed by atoms with E-state index >= 15 is 0 Å². The molecule has 21 heavy (non-hydrogen) atoms. The van der Waals surface area contributed by atoms with Crippen molar-refractivity contribution in [3.05, 3.63) is 52.3 Å². The zero-order chi connectivity index (χ0) is 14.8. The third-order valence-corrected chi connectivity index (χ3v) is 3.05. The van der Waals surface area contributed by atoms with E-state index in [2.05, 4.69) is 15.3 Å². The van der Waals surface area contributed by atoms with Gasteiger partial charge in [-0.25, -0.2) is 0 Å². The topological polar surface area (TPSA) is 112 Å². The van der Waals surface area contributed by atoms with Crippen molar-refractivity contribution in [1.82, 2.24) is 19.8 Å². The van der Waals surface area contributed by atoms with E-state index in [0.29, 0.717) is 35.7 Å². The second-order valence-corrected chi connectivity index (χ2v) is 4.45. The fourth-order valence-electron chi connectivity index (χ4n) is 2.05. The van der Waals surface area contributed by atoms with E-state index in [1.165, 1.54) is 12.1 Å². The highest BCUT2D eigenvalue weighted by Gasteiger charge is 2.11. The molecule has 106 valence electrons. The lowest BCUT2D eigenvalue weighted by Crippen LogP contribution is -2.08. The molecule has 0 fully saturated rings. The van der Waals surface area contributed by atoms with Crippen LogP contribution in [0.5, 0.6) is 0 Å². The Morgan fingerprint density at radius 1 is 1.24 bits per heavy atom. The molecule has 8 heteroatoms. The Morgan fingerprint density at radius 3 is 2.86 bits per heavy atom. The van der Waals surface area contributed by atoms with Crippen molar-refractivity contribution >= 4 is 11.3 Å². The molecule has 0 saturated heterocycles. The molecule has 0 aliphatic heterocycles. The maximum absolute atomic E-state index is 10.8. The van der Waals surface area contributed by atoms with Crippen LogP contribution in [-0.4, -0.2) is 31.3 Å². The summed E-state index contributed by atoms with van der Waals surface area (Å²) < 4.78 is 1.61. The first-order chi connectivity index (χ1) is 10.2. The molecule has 0 aliphatic rings. The van der Waals surface area contributed by atoms with Crippen LogP contribution in [0.3, 0.4) is 0 Å². The molecular weight excluding hydrogens is 272 g/mol. The van der Waals surface area contributed by atoms with Gasteiger partial charge >= 0.3 is 0 Å². The minimum absolute atomic E-state index is 0.0281. The van der Waals surface area contributed by atoms with Crippen LogP contribution >= 0.6 is 0 Å². The number of hydrogen-bond acceptors (Lipinski definition) is 6. The van der Waals surface area contributed by atoms with Crippen molar-refractivity contribution in [3.63, 3.8) is 0 Å². The van der Waals surface area contributed by atoms with E-state index in [1.807, 2.05) is 0 Å². The largest absolute Gasteiger partial charge is 0.330 e. The summed E-state index contributed by atoms with van der Waals surface area (Å²) in [6.45, 7) is 0.448. The first kappa shape index (κ1) is 13.1. The molecule has 0 atom stereocenters. The van der Waals surface area contributed by atoms with E-state index in [-0.39, 0.29) is 5.69 Å². The van der Waals surface area contributed by atoms with Gasteiger partial charge in [-0.2, -0.15) is 9.61 Å². The van der Waals surface area contributed by atoms with Crippen LogP contribution < -0.4 is 5.73 Å². The summed E-state index contributed by atoms with van der Waals surface area (Å²) in [7, 11) is 0. The van der Waals surface area contributed by atoms with Gasteiger partial charge in [-0.05, 0) is 18.7 Å². The number of non-ortho nitro benzene ring substituents is 1. The molecule has 2 heterocycles. The molecular formula is C13H12N6O2. The maximum Gasteiger partial charge on any atom is 0.270 e. The Morgan fingerprint density at radius 2 is 2.10 bits per heavy atom. The summed E-state index contributed by atoms with van der Waals surface area (Å²) >= 11 is 0. The van der Waals surface area contributed by atoms with Crippen LogP contribution in [0.15, 0.2) is 36.4 Å². The predicted molar refractivity (Wildman–Crippen MR) is 75.6 cm³/mol. The van der Waals surface area contributed by atoms with Gasteiger partial charge in [0, 0.05) is 24.1 Å². The van der Waals surface area contributed by atoms with Crippen LogP contribution in [0.2, 0.25) is 0 Å². The predicted octanol–water partition coefficient (Wildman–Crippen LogP) is 1.20. The van der Waals surface area contributed by atoms with Crippen molar-refractivity contribution in [2.24, 2.45) is 5.73 Å². The molecule has 0 spiro atoms. The first-order valence-corrected chi connectivity index (χ1v) is 6.35. The Labute approximate surface area is 119 Å². The number of benzene rings is 1. The second kappa shape index (κ2) is 5.25. The van der Waals surface area contributed by atoms with Crippen LogP contribution in [0, 0.1) is 10.1 Å². The Kier molecular flexibility index (Phi) is 3.28. The van der Waals surface area contributed by atoms with E-state index in [4.69, 9.17) is 5.73 Å². The highest BCUT2D eigenvalue weighted by Crippen LogP contribution is 2.22. The van der Waals surface area contributed by atoms with E-state index < -0.39 is 4.92 Å². The zero-order valence-corrected chi connectivity index (χ0v) is 11.0. The standard InChI is InChI=1S/C13H12N6O2/c14-7-6-13-16-15-12-5-4-11(17-18(12)13)9-2-1-3-10(8-9)19(20)21/h1-5,8H,6-7,14H2. The van der Waals surface area contributed by atoms with Crippen molar-refractivity contribution in [1.29, 1.82) is 0 Å². The SMILES string of the molecule is NCCc1nnc2ccc(-c3cccc([N+](=O)[O-])c3)nn12. The van der Waals surface area contributed by atoms with Crippen LogP contribution in [0.4, 0.5) is 5.69 Å². The van der Waals surface area contributed by atoms with Gasteiger partial charge < -0.3 is 5.73 Å². The Hall–Kier alpha value is -2.87. The normalized spacial score (nSPS) is 10.9. The fraction of sp³-hybridized carbons (Fsp3) is 0.154. The monoisotopic (exact) mass is 284 g/mol. The van der Waals surface area contributed by atoms with Gasteiger partial charge in [0.2, 0.25) is 0 Å². The quantitative estimate of drug-likeness (QED) is 0.569. The highest BCUT2D eigenvalue weighted by molar-refractivity contribution is 5.63. The molecule has 0 bridgehead atoms. The summed E-state index contributed by atoms with van der Waals surface area (Å²) in [5, 5.41) is 23.3. The summed E-state index contributed by atoms with van der Waals surface area (Å²) in [4.78, 5) is 10.4. The van der Waals surface area contributed by atoms with Gasteiger partial charge in [-0.3, -0.25) is 10.1 Å². The third-order valence-electron chi connectivity index (χ3n) is 3.05. The Bertz CT molecular complexity index is 813. The molecule has 0 amide bonds. The number of nitrogens with two attached hydrogens (primary N) is 1. The number of fused-ring (bicyclic) bond motifs is 1. The van der Waals surface area contributed by atoms with Gasteiger partial charge in [-0.1, -0.05) is 12.1 Å². The van der Waals surface area contributed by atoms with Crippen molar-refractivity contribution in [2.75, 3.05) is 6.54 Å². The van der Waals surface area contributed by atoms with Crippen LogP contribution in [-0.2, 0) is 6.42 Å². The molecule has 0 radical (unpaired) electrons. The minimum atomic E-state index is -0.430.